The number of nitrogens with one attached hydrogen (secondary N) is 5. The molecule has 0 aromatic carbocycles. The number of aromatic amines is 2. The number of nitrogens with two attached hydrogens (primary N) is 1. The molecule has 5 unspecified atom stereocenters. The van der Waals surface area contributed by atoms with Crippen LogP contribution in [0.1, 0.15) is 44.5 Å². The number of hydrogen-bond acceptors (Lipinski definition) is 8. The van der Waals surface area contributed by atoms with Gasteiger partial charge in [0.15, 0.2) is 0 Å². The summed E-state index contributed by atoms with van der Waals surface area (Å²) in [4.78, 5) is 75.2. The van der Waals surface area contributed by atoms with E-state index in [1.807, 2.05) is 0 Å². The lowest BCUT2D eigenvalue weighted by molar-refractivity contribution is -0.143. The van der Waals surface area contributed by atoms with Gasteiger partial charge < -0.3 is 41.9 Å². The number of carbonyl (C=O) groups is 5. The quantitative estimate of drug-likeness (QED) is 0.126. The highest BCUT2D eigenvalue weighted by atomic mass is 16.4. The highest BCUT2D eigenvalue weighted by molar-refractivity contribution is 5.94. The van der Waals surface area contributed by atoms with E-state index in [1.54, 1.807) is 13.8 Å². The SMILES string of the molecule is CCC(C)C(NC(=O)C(Cc1cnc[nH]1)NC(=O)C(CCC(=O)O)NC(=O)C(N)Cc1cnc[nH]1)C(=O)O. The van der Waals surface area contributed by atoms with Gasteiger partial charge in [0.2, 0.25) is 17.7 Å². The minimum absolute atomic E-state index is 0.0661. The first-order chi connectivity index (χ1) is 18.0. The standard InChI is InChI=1S/C23H34N8O7/c1-3-12(2)19(23(37)38)31-22(36)17(7-14-9-26-11-28-14)30-21(35)16(4-5-18(32)33)29-20(34)15(24)6-13-8-25-10-27-13/h8-12,15-17,19H,3-7,24H2,1-2H3,(H,25,27)(H,26,28)(H,29,34)(H,30,35)(H,31,36)(H,32,33)(H,37,38). The molecule has 2 aromatic heterocycles. The van der Waals surface area contributed by atoms with E-state index in [0.717, 1.165) is 0 Å². The lowest BCUT2D eigenvalue weighted by atomic mass is 9.98. The zero-order valence-corrected chi connectivity index (χ0v) is 21.1. The van der Waals surface area contributed by atoms with Gasteiger partial charge in [0, 0.05) is 43.0 Å². The summed E-state index contributed by atoms with van der Waals surface area (Å²) in [7, 11) is 0. The molecule has 0 spiro atoms. The van der Waals surface area contributed by atoms with Gasteiger partial charge in [0.25, 0.3) is 0 Å². The van der Waals surface area contributed by atoms with Gasteiger partial charge in [-0.3, -0.25) is 19.2 Å². The summed E-state index contributed by atoms with van der Waals surface area (Å²) < 4.78 is 0. The van der Waals surface area contributed by atoms with Crippen LogP contribution in [0.4, 0.5) is 0 Å². The number of aliphatic carboxylic acids is 2. The van der Waals surface area contributed by atoms with Crippen molar-refractivity contribution in [2.45, 2.75) is 70.1 Å². The molecule has 2 aromatic rings. The Morgan fingerprint density at radius 3 is 1.95 bits per heavy atom. The number of H-pyrrole nitrogens is 2. The summed E-state index contributed by atoms with van der Waals surface area (Å²) in [6.07, 6.45) is 5.52. The molecule has 0 radical (unpaired) electrons. The molecule has 0 saturated heterocycles. The Balaban J connectivity index is 2.19. The number of carbonyl (C=O) groups excluding carboxylic acids is 3. The van der Waals surface area contributed by atoms with Crippen LogP contribution in [-0.4, -0.2) is 84.0 Å². The molecule has 0 aliphatic heterocycles. The fraction of sp³-hybridized carbons (Fsp3) is 0.522. The topological polar surface area (TPSA) is 245 Å². The lowest BCUT2D eigenvalue weighted by Gasteiger charge is -2.26. The second-order valence-electron chi connectivity index (χ2n) is 8.93. The van der Waals surface area contributed by atoms with E-state index in [9.17, 15) is 29.1 Å². The van der Waals surface area contributed by atoms with Crippen LogP contribution in [0.5, 0.6) is 0 Å². The van der Waals surface area contributed by atoms with Crippen molar-refractivity contribution in [3.05, 3.63) is 36.4 Å². The number of carboxylic acid groups (broad SMARTS) is 2. The number of imidazole rings is 2. The molecule has 2 heterocycles. The average molecular weight is 535 g/mol. The Labute approximate surface area is 218 Å². The van der Waals surface area contributed by atoms with Crippen LogP contribution in [0.2, 0.25) is 0 Å². The first-order valence-electron chi connectivity index (χ1n) is 12.1. The van der Waals surface area contributed by atoms with Gasteiger partial charge in [-0.1, -0.05) is 20.3 Å². The smallest absolute Gasteiger partial charge is 0.326 e. The van der Waals surface area contributed by atoms with Gasteiger partial charge in [-0.25, -0.2) is 14.8 Å². The van der Waals surface area contributed by atoms with Crippen LogP contribution in [-0.2, 0) is 36.8 Å². The molecular weight excluding hydrogens is 500 g/mol. The van der Waals surface area contributed by atoms with Crippen LogP contribution in [0.3, 0.4) is 0 Å². The highest BCUT2D eigenvalue weighted by Gasteiger charge is 2.32. The fourth-order valence-corrected chi connectivity index (χ4v) is 3.58. The predicted molar refractivity (Wildman–Crippen MR) is 132 cm³/mol. The molecule has 0 aliphatic rings. The molecule has 0 fully saturated rings. The van der Waals surface area contributed by atoms with Gasteiger partial charge >= 0.3 is 11.9 Å². The third-order valence-electron chi connectivity index (χ3n) is 6.00. The molecule has 38 heavy (non-hydrogen) atoms. The largest absolute Gasteiger partial charge is 0.481 e. The van der Waals surface area contributed by atoms with Crippen LogP contribution >= 0.6 is 0 Å². The van der Waals surface area contributed by atoms with E-state index in [2.05, 4.69) is 35.9 Å². The summed E-state index contributed by atoms with van der Waals surface area (Å²) in [6, 6.07) is -4.84. The monoisotopic (exact) mass is 534 g/mol. The number of carboxylic acids is 2. The van der Waals surface area contributed by atoms with Crippen molar-refractivity contribution in [1.29, 1.82) is 0 Å². The van der Waals surface area contributed by atoms with Crippen molar-refractivity contribution in [2.24, 2.45) is 11.7 Å². The molecule has 0 saturated carbocycles. The van der Waals surface area contributed by atoms with Gasteiger partial charge in [-0.2, -0.15) is 0 Å². The van der Waals surface area contributed by atoms with E-state index in [1.165, 1.54) is 25.0 Å². The normalized spacial score (nSPS) is 14.9. The molecule has 15 heteroatoms. The average Bonchev–Trinajstić information content (AvgIpc) is 3.57. The number of aromatic nitrogens is 4. The number of rotatable bonds is 16. The van der Waals surface area contributed by atoms with E-state index in [-0.39, 0.29) is 25.2 Å². The summed E-state index contributed by atoms with van der Waals surface area (Å²) in [5, 5.41) is 26.1. The molecule has 0 aliphatic carbocycles. The van der Waals surface area contributed by atoms with E-state index < -0.39 is 60.2 Å². The van der Waals surface area contributed by atoms with Gasteiger partial charge in [-0.15, -0.1) is 0 Å². The summed E-state index contributed by atoms with van der Waals surface area (Å²) >= 11 is 0. The molecule has 5 atom stereocenters. The Morgan fingerprint density at radius 1 is 0.895 bits per heavy atom. The van der Waals surface area contributed by atoms with Crippen molar-refractivity contribution in [3.8, 4) is 0 Å². The van der Waals surface area contributed by atoms with Gasteiger partial charge in [-0.05, 0) is 12.3 Å². The number of nitrogens with zero attached hydrogens (tertiary/aromatic N) is 2. The molecule has 15 nitrogen and oxygen atoms in total. The molecular formula is C23H34N8O7. The zero-order valence-electron chi connectivity index (χ0n) is 21.1. The minimum atomic E-state index is -1.33. The maximum absolute atomic E-state index is 13.2. The van der Waals surface area contributed by atoms with Crippen molar-refractivity contribution >= 4 is 29.7 Å². The summed E-state index contributed by atoms with van der Waals surface area (Å²) in [5.41, 5.74) is 7.01. The van der Waals surface area contributed by atoms with E-state index >= 15 is 0 Å². The minimum Gasteiger partial charge on any atom is -0.481 e. The second kappa shape index (κ2) is 14.5. The molecule has 9 N–H and O–H groups in total. The Bertz CT molecular complexity index is 1070. The lowest BCUT2D eigenvalue weighted by Crippen LogP contribution is -2.58. The number of amides is 3. The van der Waals surface area contributed by atoms with Crippen molar-refractivity contribution in [3.63, 3.8) is 0 Å². The summed E-state index contributed by atoms with van der Waals surface area (Å²) in [5.74, 6) is -5.11. The molecule has 3 amide bonds. The molecule has 2 rings (SSSR count). The third kappa shape index (κ3) is 9.31. The van der Waals surface area contributed by atoms with E-state index in [0.29, 0.717) is 17.8 Å². The van der Waals surface area contributed by atoms with Gasteiger partial charge in [0.1, 0.15) is 18.1 Å². The third-order valence-corrected chi connectivity index (χ3v) is 6.00. The molecule has 0 bridgehead atoms. The zero-order chi connectivity index (χ0) is 28.2. The van der Waals surface area contributed by atoms with Gasteiger partial charge in [0.05, 0.1) is 18.7 Å². The maximum atomic E-state index is 13.2. The van der Waals surface area contributed by atoms with Crippen LogP contribution in [0.15, 0.2) is 25.0 Å². The Kier molecular flexibility index (Phi) is 11.4. The van der Waals surface area contributed by atoms with Crippen molar-refractivity contribution < 1.29 is 34.2 Å². The van der Waals surface area contributed by atoms with Crippen LogP contribution < -0.4 is 21.7 Å². The Hall–Kier alpha value is -4.27. The molecule has 208 valence electrons. The van der Waals surface area contributed by atoms with Crippen LogP contribution in [0.25, 0.3) is 0 Å². The van der Waals surface area contributed by atoms with Crippen LogP contribution in [0, 0.1) is 5.92 Å². The number of hydrogen-bond donors (Lipinski definition) is 8. The first kappa shape index (κ1) is 30.0. The predicted octanol–water partition coefficient (Wildman–Crippen LogP) is -1.30. The second-order valence-corrected chi connectivity index (χ2v) is 8.93. The Morgan fingerprint density at radius 2 is 1.45 bits per heavy atom. The van der Waals surface area contributed by atoms with Crippen molar-refractivity contribution in [1.82, 2.24) is 35.9 Å². The van der Waals surface area contributed by atoms with E-state index in [4.69, 9.17) is 10.8 Å². The highest BCUT2D eigenvalue weighted by Crippen LogP contribution is 2.10. The first-order valence-corrected chi connectivity index (χ1v) is 12.1. The van der Waals surface area contributed by atoms with Crippen molar-refractivity contribution in [2.75, 3.05) is 0 Å². The summed E-state index contributed by atoms with van der Waals surface area (Å²) in [6.45, 7) is 3.45. The fourth-order valence-electron chi connectivity index (χ4n) is 3.58. The maximum Gasteiger partial charge on any atom is 0.326 e.